The van der Waals surface area contributed by atoms with Gasteiger partial charge < -0.3 is 4.90 Å². The normalized spacial score (nSPS) is 13.4. The van der Waals surface area contributed by atoms with Gasteiger partial charge in [0.1, 0.15) is 0 Å². The van der Waals surface area contributed by atoms with Gasteiger partial charge in [0, 0.05) is 22.4 Å². The second-order valence-electron chi connectivity index (χ2n) is 17.0. The molecule has 9 aromatic rings. The van der Waals surface area contributed by atoms with Crippen molar-refractivity contribution in [1.29, 1.82) is 0 Å². The highest BCUT2D eigenvalue weighted by molar-refractivity contribution is 6.17. The second kappa shape index (κ2) is 14.0. The van der Waals surface area contributed by atoms with E-state index in [-0.39, 0.29) is 5.41 Å². The summed E-state index contributed by atoms with van der Waals surface area (Å²) < 4.78 is 0. The van der Waals surface area contributed by atoms with Gasteiger partial charge in [0.15, 0.2) is 0 Å². The molecule has 1 heteroatoms. The van der Waals surface area contributed by atoms with Crippen LogP contribution in [0.4, 0.5) is 17.1 Å². The Morgan fingerprint density at radius 2 is 0.950 bits per heavy atom. The van der Waals surface area contributed by atoms with Crippen molar-refractivity contribution in [3.63, 3.8) is 0 Å². The number of rotatable bonds is 7. The average molecular weight is 768 g/mol. The standard InChI is InChI=1S/C59H45N/c1-38-30-31-45(36-53(38)57-39(2)48-26-14-18-41-19-15-27-52(57)58(41)48)43-21-12-20-42(34-43)44-22-13-23-46(35-44)60(56-29-11-9-24-49(56)40-16-6-5-7-17-40)47-32-33-51-50-25-8-10-28-54(50)59(3,4)55(51)37-47/h5-37H,1-4H3. The number of nitrogens with zero attached hydrogens (tertiary/aromatic N) is 1. The van der Waals surface area contributed by atoms with Gasteiger partial charge in [-0.2, -0.15) is 0 Å². The highest BCUT2D eigenvalue weighted by Crippen LogP contribution is 2.52. The summed E-state index contributed by atoms with van der Waals surface area (Å²) in [7, 11) is 0. The van der Waals surface area contributed by atoms with Crippen LogP contribution >= 0.6 is 0 Å². The van der Waals surface area contributed by atoms with Crippen LogP contribution in [0.5, 0.6) is 0 Å². The lowest BCUT2D eigenvalue weighted by Gasteiger charge is -2.30. The Morgan fingerprint density at radius 3 is 1.75 bits per heavy atom. The molecule has 0 spiro atoms. The van der Waals surface area contributed by atoms with Crippen LogP contribution in [0.1, 0.15) is 54.2 Å². The molecule has 2 aliphatic rings. The van der Waals surface area contributed by atoms with Gasteiger partial charge in [-0.3, -0.25) is 0 Å². The summed E-state index contributed by atoms with van der Waals surface area (Å²) in [4.78, 5) is 2.46. The summed E-state index contributed by atoms with van der Waals surface area (Å²) in [6.07, 6.45) is 0. The largest absolute Gasteiger partial charge is 0.310 e. The molecule has 0 unspecified atom stereocenters. The molecular weight excluding hydrogens is 723 g/mol. The third kappa shape index (κ3) is 5.68. The topological polar surface area (TPSA) is 3.24 Å². The van der Waals surface area contributed by atoms with Gasteiger partial charge in [-0.1, -0.05) is 172 Å². The lowest BCUT2D eigenvalue weighted by molar-refractivity contribution is 0.660. The van der Waals surface area contributed by atoms with Gasteiger partial charge in [-0.15, -0.1) is 0 Å². The summed E-state index contributed by atoms with van der Waals surface area (Å²) in [6, 6.07) is 74.1. The number of anilines is 3. The van der Waals surface area contributed by atoms with Crippen LogP contribution in [0.2, 0.25) is 0 Å². The molecule has 0 saturated heterocycles. The van der Waals surface area contributed by atoms with Crippen molar-refractivity contribution in [3.8, 4) is 44.5 Å². The first-order valence-electron chi connectivity index (χ1n) is 21.1. The predicted molar refractivity (Wildman–Crippen MR) is 255 cm³/mol. The van der Waals surface area contributed by atoms with E-state index in [1.807, 2.05) is 0 Å². The fourth-order valence-electron chi connectivity index (χ4n) is 10.1. The lowest BCUT2D eigenvalue weighted by Crippen LogP contribution is -2.17. The second-order valence-corrected chi connectivity index (χ2v) is 17.0. The molecule has 0 N–H and O–H groups in total. The maximum absolute atomic E-state index is 2.46. The Morgan fingerprint density at radius 1 is 0.367 bits per heavy atom. The van der Waals surface area contributed by atoms with Crippen LogP contribution in [0.15, 0.2) is 200 Å². The van der Waals surface area contributed by atoms with Crippen LogP contribution in [0.25, 0.3) is 66.4 Å². The van der Waals surface area contributed by atoms with Gasteiger partial charge >= 0.3 is 0 Å². The third-order valence-electron chi connectivity index (χ3n) is 13.1. The van der Waals surface area contributed by atoms with Gasteiger partial charge in [0.25, 0.3) is 0 Å². The van der Waals surface area contributed by atoms with E-state index in [0.717, 1.165) is 17.1 Å². The van der Waals surface area contributed by atoms with Crippen molar-refractivity contribution >= 4 is 39.0 Å². The number of hydrogen-bond acceptors (Lipinski definition) is 1. The minimum Gasteiger partial charge on any atom is -0.310 e. The summed E-state index contributed by atoms with van der Waals surface area (Å²) in [5, 5.41) is 2.67. The molecule has 0 bridgehead atoms. The van der Waals surface area contributed by atoms with E-state index >= 15 is 0 Å². The van der Waals surface area contributed by atoms with Crippen LogP contribution in [0.3, 0.4) is 0 Å². The van der Waals surface area contributed by atoms with Crippen LogP contribution in [-0.2, 0) is 5.41 Å². The quantitative estimate of drug-likeness (QED) is 0.156. The monoisotopic (exact) mass is 767 g/mol. The SMILES string of the molecule is CC1=C(c2cc(-c3cccc(-c4cccc(N(c5ccc6c(c5)C(C)(C)c5ccccc5-6)c5ccccc5-c5ccccc5)c4)c3)ccc2C)c2cccc3cccc1c23. The van der Waals surface area contributed by atoms with E-state index in [1.54, 1.807) is 0 Å². The Kier molecular flexibility index (Phi) is 8.36. The molecule has 1 nitrogen and oxygen atoms in total. The van der Waals surface area contributed by atoms with Gasteiger partial charge in [-0.25, -0.2) is 0 Å². The molecule has 60 heavy (non-hydrogen) atoms. The molecule has 2 aliphatic carbocycles. The number of hydrogen-bond donors (Lipinski definition) is 0. The summed E-state index contributed by atoms with van der Waals surface area (Å²) in [5.41, 5.74) is 23.8. The number of benzene rings is 9. The van der Waals surface area contributed by atoms with E-state index in [0.29, 0.717) is 0 Å². The maximum Gasteiger partial charge on any atom is 0.0540 e. The molecule has 0 aromatic heterocycles. The smallest absolute Gasteiger partial charge is 0.0540 e. The number of fused-ring (bicyclic) bond motifs is 3. The van der Waals surface area contributed by atoms with Gasteiger partial charge in [0.2, 0.25) is 0 Å². The first-order chi connectivity index (χ1) is 29.3. The first kappa shape index (κ1) is 35.9. The van der Waals surface area contributed by atoms with E-state index in [9.17, 15) is 0 Å². The van der Waals surface area contributed by atoms with Crippen molar-refractivity contribution < 1.29 is 0 Å². The van der Waals surface area contributed by atoms with Gasteiger partial charge in [-0.05, 0) is 151 Å². The molecule has 0 saturated carbocycles. The fourth-order valence-corrected chi connectivity index (χ4v) is 10.1. The molecule has 0 heterocycles. The van der Waals surface area contributed by atoms with Crippen molar-refractivity contribution in [3.05, 3.63) is 234 Å². The number of para-hydroxylation sites is 1. The fraction of sp³-hybridized carbons (Fsp3) is 0.0847. The zero-order valence-corrected chi connectivity index (χ0v) is 34.5. The third-order valence-corrected chi connectivity index (χ3v) is 13.1. The van der Waals surface area contributed by atoms with Crippen molar-refractivity contribution in [2.24, 2.45) is 0 Å². The summed E-state index contributed by atoms with van der Waals surface area (Å²) in [5.74, 6) is 0. The molecule has 0 fully saturated rings. The van der Waals surface area contributed by atoms with Gasteiger partial charge in [0.05, 0.1) is 5.69 Å². The van der Waals surface area contributed by atoms with Crippen LogP contribution in [-0.4, -0.2) is 0 Å². The molecule has 286 valence electrons. The molecule has 0 aliphatic heterocycles. The van der Waals surface area contributed by atoms with Crippen molar-refractivity contribution in [1.82, 2.24) is 0 Å². The molecular formula is C59H45N. The van der Waals surface area contributed by atoms with Crippen molar-refractivity contribution in [2.75, 3.05) is 4.90 Å². The molecule has 0 atom stereocenters. The summed E-state index contributed by atoms with van der Waals surface area (Å²) >= 11 is 0. The minimum atomic E-state index is -0.116. The van der Waals surface area contributed by atoms with Crippen LogP contribution < -0.4 is 4.90 Å². The highest BCUT2D eigenvalue weighted by Gasteiger charge is 2.36. The highest BCUT2D eigenvalue weighted by atomic mass is 15.1. The maximum atomic E-state index is 2.46. The first-order valence-corrected chi connectivity index (χ1v) is 21.1. The Bertz CT molecular complexity index is 3190. The average Bonchev–Trinajstić information content (AvgIpc) is 3.71. The van der Waals surface area contributed by atoms with Crippen LogP contribution in [0, 0.1) is 6.92 Å². The molecule has 0 radical (unpaired) electrons. The minimum absolute atomic E-state index is 0.116. The Labute approximate surface area is 353 Å². The number of aryl methyl sites for hydroxylation is 1. The molecule has 0 amide bonds. The van der Waals surface area contributed by atoms with E-state index in [4.69, 9.17) is 0 Å². The zero-order valence-electron chi connectivity index (χ0n) is 34.5. The Hall–Kier alpha value is -7.22. The molecule has 9 aromatic carbocycles. The van der Waals surface area contributed by atoms with E-state index < -0.39 is 0 Å². The zero-order chi connectivity index (χ0) is 40.5. The predicted octanol–water partition coefficient (Wildman–Crippen LogP) is 16.2. The molecule has 11 rings (SSSR count). The lowest BCUT2D eigenvalue weighted by atomic mass is 9.82. The van der Waals surface area contributed by atoms with E-state index in [2.05, 4.69) is 233 Å². The summed E-state index contributed by atoms with van der Waals surface area (Å²) in [6.45, 7) is 9.25. The number of allylic oxidation sites excluding steroid dienone is 1. The van der Waals surface area contributed by atoms with E-state index in [1.165, 1.54) is 99.8 Å². The van der Waals surface area contributed by atoms with Crippen molar-refractivity contribution in [2.45, 2.75) is 33.1 Å². The Balaban J connectivity index is 1.02.